The summed E-state index contributed by atoms with van der Waals surface area (Å²) in [7, 11) is 0. The van der Waals surface area contributed by atoms with Gasteiger partial charge >= 0.3 is 0 Å². The van der Waals surface area contributed by atoms with E-state index in [0.717, 1.165) is 5.56 Å². The van der Waals surface area contributed by atoms with Crippen molar-refractivity contribution in [3.05, 3.63) is 75.6 Å². The minimum absolute atomic E-state index is 0.0553. The van der Waals surface area contributed by atoms with Gasteiger partial charge in [-0.3, -0.25) is 14.4 Å². The number of fused-ring (bicyclic) bond motifs is 2. The second-order valence-electron chi connectivity index (χ2n) is 6.50. The first-order valence-corrected chi connectivity index (χ1v) is 8.45. The van der Waals surface area contributed by atoms with Gasteiger partial charge < -0.3 is 14.3 Å². The lowest BCUT2D eigenvalue weighted by Crippen LogP contribution is -2.26. The van der Waals surface area contributed by atoms with Crippen molar-refractivity contribution in [1.29, 1.82) is 0 Å². The molecule has 1 aliphatic carbocycles. The summed E-state index contributed by atoms with van der Waals surface area (Å²) in [6.45, 7) is 4.98. The van der Waals surface area contributed by atoms with Crippen LogP contribution in [-0.2, 0) is 0 Å². The molecule has 4 rings (SSSR count). The first-order valence-electron chi connectivity index (χ1n) is 8.45. The zero-order valence-corrected chi connectivity index (χ0v) is 15.0. The van der Waals surface area contributed by atoms with Crippen molar-refractivity contribution in [3.8, 4) is 0 Å². The van der Waals surface area contributed by atoms with Gasteiger partial charge in [0.25, 0.3) is 5.91 Å². The molecule has 136 valence electrons. The number of carbonyl (C=O) groups is 3. The summed E-state index contributed by atoms with van der Waals surface area (Å²) in [6.07, 6.45) is 0. The molecule has 2 heterocycles. The van der Waals surface area contributed by atoms with Crippen molar-refractivity contribution < 1.29 is 23.3 Å². The Balaban J connectivity index is 1.69. The molecule has 1 N–H and O–H groups in total. The molecule has 0 spiro atoms. The fourth-order valence-electron chi connectivity index (χ4n) is 3.27. The molecule has 0 saturated carbocycles. The highest BCUT2D eigenvalue weighted by Crippen LogP contribution is 2.34. The van der Waals surface area contributed by atoms with E-state index in [1.807, 2.05) is 37.3 Å². The van der Waals surface area contributed by atoms with Crippen molar-refractivity contribution in [2.45, 2.75) is 26.8 Å². The number of rotatable bonds is 3. The quantitative estimate of drug-likeness (QED) is 0.599. The molecule has 0 saturated heterocycles. The number of aryl methyl sites for hydroxylation is 1. The van der Waals surface area contributed by atoms with Crippen molar-refractivity contribution in [2.24, 2.45) is 0 Å². The van der Waals surface area contributed by atoms with Crippen LogP contribution >= 0.6 is 0 Å². The Morgan fingerprint density at radius 2 is 1.70 bits per heavy atom. The third kappa shape index (κ3) is 2.51. The van der Waals surface area contributed by atoms with Crippen LogP contribution < -0.4 is 5.32 Å². The van der Waals surface area contributed by atoms with Crippen molar-refractivity contribution in [3.63, 3.8) is 0 Å². The zero-order valence-electron chi connectivity index (χ0n) is 15.0. The van der Waals surface area contributed by atoms with Crippen LogP contribution in [0.25, 0.3) is 0 Å². The van der Waals surface area contributed by atoms with Gasteiger partial charge in [0.05, 0.1) is 17.3 Å². The van der Waals surface area contributed by atoms with E-state index in [2.05, 4.69) is 10.5 Å². The zero-order chi connectivity index (χ0) is 19.3. The molecular weight excluding hydrogens is 348 g/mol. The number of hydrogen-bond donors (Lipinski definition) is 1. The Kier molecular flexibility index (Phi) is 3.80. The highest BCUT2D eigenvalue weighted by Gasteiger charge is 2.41. The molecule has 27 heavy (non-hydrogen) atoms. The fourth-order valence-corrected chi connectivity index (χ4v) is 3.27. The maximum atomic E-state index is 12.7. The van der Waals surface area contributed by atoms with Crippen LogP contribution in [0.2, 0.25) is 0 Å². The second-order valence-corrected chi connectivity index (χ2v) is 6.50. The van der Waals surface area contributed by atoms with Gasteiger partial charge in [0.15, 0.2) is 11.5 Å². The Morgan fingerprint density at radius 1 is 1.04 bits per heavy atom. The highest BCUT2D eigenvalue weighted by molar-refractivity contribution is 6.27. The van der Waals surface area contributed by atoms with E-state index in [4.69, 9.17) is 8.94 Å². The molecule has 1 aliphatic rings. The SMILES string of the molecule is Cc1noc2c1C(=O)c1oc(C(=O)NC(C)c3ccccc3)c(C)c1C2=O. The molecule has 0 bridgehead atoms. The number of amides is 1. The molecule has 2 aromatic heterocycles. The summed E-state index contributed by atoms with van der Waals surface area (Å²) in [5, 5.41) is 6.51. The third-order valence-electron chi connectivity index (χ3n) is 4.73. The third-order valence-corrected chi connectivity index (χ3v) is 4.73. The van der Waals surface area contributed by atoms with Crippen LogP contribution in [0.3, 0.4) is 0 Å². The maximum Gasteiger partial charge on any atom is 0.287 e. The summed E-state index contributed by atoms with van der Waals surface area (Å²) in [6, 6.07) is 9.16. The molecule has 1 amide bonds. The van der Waals surface area contributed by atoms with Gasteiger partial charge in [0, 0.05) is 5.56 Å². The summed E-state index contributed by atoms with van der Waals surface area (Å²) < 4.78 is 10.6. The summed E-state index contributed by atoms with van der Waals surface area (Å²) >= 11 is 0. The largest absolute Gasteiger partial charge is 0.446 e. The molecular formula is C20H16N2O5. The van der Waals surface area contributed by atoms with Gasteiger partial charge in [0.2, 0.25) is 17.3 Å². The van der Waals surface area contributed by atoms with Crippen LogP contribution in [0.15, 0.2) is 39.3 Å². The van der Waals surface area contributed by atoms with Gasteiger partial charge in [-0.2, -0.15) is 0 Å². The Labute approximate surface area is 154 Å². The number of furan rings is 1. The molecule has 0 fully saturated rings. The smallest absolute Gasteiger partial charge is 0.287 e. The molecule has 7 heteroatoms. The number of carbonyl (C=O) groups excluding carboxylic acids is 3. The first-order chi connectivity index (χ1) is 12.9. The lowest BCUT2D eigenvalue weighted by molar-refractivity contribution is 0.0898. The van der Waals surface area contributed by atoms with Gasteiger partial charge in [-0.25, -0.2) is 0 Å². The monoisotopic (exact) mass is 364 g/mol. The van der Waals surface area contributed by atoms with E-state index in [-0.39, 0.29) is 34.4 Å². The van der Waals surface area contributed by atoms with Crippen LogP contribution in [0.5, 0.6) is 0 Å². The highest BCUT2D eigenvalue weighted by atomic mass is 16.5. The molecule has 1 atom stereocenters. The van der Waals surface area contributed by atoms with Crippen molar-refractivity contribution in [1.82, 2.24) is 10.5 Å². The number of ketones is 2. The van der Waals surface area contributed by atoms with Crippen LogP contribution in [-0.4, -0.2) is 22.6 Å². The Bertz CT molecular complexity index is 1090. The average Bonchev–Trinajstić information content (AvgIpc) is 3.22. The Hall–Kier alpha value is -3.48. The maximum absolute atomic E-state index is 12.7. The van der Waals surface area contributed by atoms with E-state index in [1.54, 1.807) is 13.8 Å². The van der Waals surface area contributed by atoms with Crippen molar-refractivity contribution >= 4 is 17.5 Å². The lowest BCUT2D eigenvalue weighted by atomic mass is 9.90. The van der Waals surface area contributed by atoms with Gasteiger partial charge in [0.1, 0.15) is 5.56 Å². The summed E-state index contributed by atoms with van der Waals surface area (Å²) in [5.74, 6) is -1.81. The molecule has 1 unspecified atom stereocenters. The standard InChI is InChI=1S/C20H16N2O5/c1-9-13-15(23)19-14(11(3)22-27-19)16(24)18(13)26-17(9)20(25)21-10(2)12-7-5-4-6-8-12/h4-8,10H,1-3H3,(H,21,25). The van der Waals surface area contributed by atoms with Crippen LogP contribution in [0, 0.1) is 13.8 Å². The Morgan fingerprint density at radius 3 is 2.41 bits per heavy atom. The summed E-state index contributed by atoms with van der Waals surface area (Å²) in [4.78, 5) is 38.1. The molecule has 0 radical (unpaired) electrons. The predicted octanol–water partition coefficient (Wildman–Crippen LogP) is 3.15. The van der Waals surface area contributed by atoms with E-state index >= 15 is 0 Å². The molecule has 3 aromatic rings. The minimum Gasteiger partial charge on any atom is -0.446 e. The minimum atomic E-state index is -0.503. The van der Waals surface area contributed by atoms with Gasteiger partial charge in [-0.15, -0.1) is 0 Å². The molecule has 7 nitrogen and oxygen atoms in total. The van der Waals surface area contributed by atoms with Gasteiger partial charge in [-0.1, -0.05) is 35.5 Å². The molecule has 1 aromatic carbocycles. The van der Waals surface area contributed by atoms with E-state index in [9.17, 15) is 14.4 Å². The predicted molar refractivity (Wildman–Crippen MR) is 93.9 cm³/mol. The number of benzene rings is 1. The first kappa shape index (κ1) is 17.0. The van der Waals surface area contributed by atoms with Crippen molar-refractivity contribution in [2.75, 3.05) is 0 Å². The van der Waals surface area contributed by atoms with Crippen LogP contribution in [0.1, 0.15) is 72.6 Å². The second kappa shape index (κ2) is 6.05. The average molecular weight is 364 g/mol. The topological polar surface area (TPSA) is 102 Å². The van der Waals surface area contributed by atoms with E-state index in [1.165, 1.54) is 0 Å². The fraction of sp³-hybridized carbons (Fsp3) is 0.200. The number of nitrogens with one attached hydrogen (secondary N) is 1. The normalized spacial score (nSPS) is 13.9. The number of aromatic nitrogens is 1. The molecule has 0 aliphatic heterocycles. The van der Waals surface area contributed by atoms with Gasteiger partial charge in [-0.05, 0) is 26.3 Å². The number of hydrogen-bond acceptors (Lipinski definition) is 6. The lowest BCUT2D eigenvalue weighted by Gasteiger charge is -2.13. The van der Waals surface area contributed by atoms with E-state index < -0.39 is 17.5 Å². The number of nitrogens with zero attached hydrogens (tertiary/aromatic N) is 1. The van der Waals surface area contributed by atoms with E-state index in [0.29, 0.717) is 11.3 Å². The van der Waals surface area contributed by atoms with Crippen LogP contribution in [0.4, 0.5) is 0 Å². The summed E-state index contributed by atoms with van der Waals surface area (Å²) in [5.41, 5.74) is 1.69.